The van der Waals surface area contributed by atoms with Crippen molar-refractivity contribution in [3.8, 4) is 0 Å². The van der Waals surface area contributed by atoms with Gasteiger partial charge in [0.1, 0.15) is 34.9 Å². The van der Waals surface area contributed by atoms with E-state index in [2.05, 4.69) is 36.2 Å². The molecule has 0 radical (unpaired) electrons. The Morgan fingerprint density at radius 1 is 0.609 bits per heavy atom. The zero-order valence-corrected chi connectivity index (χ0v) is 36.1. The highest BCUT2D eigenvalue weighted by Gasteiger charge is 2.21. The van der Waals surface area contributed by atoms with Gasteiger partial charge in [0, 0.05) is 68.9 Å². The maximum Gasteiger partial charge on any atom is 0.259 e. The fraction of sp³-hybridized carbons (Fsp3) is 0.130. The molecule has 6 aromatic rings. The van der Waals surface area contributed by atoms with Crippen LogP contribution in [0.25, 0.3) is 0 Å². The van der Waals surface area contributed by atoms with Gasteiger partial charge in [-0.15, -0.1) is 0 Å². The quantitative estimate of drug-likeness (QED) is 0.0668. The number of amides is 4. The smallest absolute Gasteiger partial charge is 0.259 e. The summed E-state index contributed by atoms with van der Waals surface area (Å²) in [4.78, 5) is 66.9. The van der Waals surface area contributed by atoms with E-state index < -0.39 is 35.3 Å². The lowest BCUT2D eigenvalue weighted by atomic mass is 10.1. The number of halogens is 4. The Kier molecular flexibility index (Phi) is 15.1. The normalized spacial score (nSPS) is 11.9. The van der Waals surface area contributed by atoms with Crippen molar-refractivity contribution in [2.75, 3.05) is 55.5 Å². The summed E-state index contributed by atoms with van der Waals surface area (Å²) in [5.41, 5.74) is 2.52. The molecule has 7 rings (SSSR count). The highest BCUT2D eigenvalue weighted by Crippen LogP contribution is 2.23. The Morgan fingerprint density at radius 3 is 1.39 bits per heavy atom. The molecule has 326 valence electrons. The summed E-state index contributed by atoms with van der Waals surface area (Å²) < 4.78 is 27.7. The van der Waals surface area contributed by atoms with Crippen LogP contribution in [-0.2, 0) is 0 Å². The second kappa shape index (κ2) is 21.0. The minimum atomic E-state index is -0.632. The third-order valence-electron chi connectivity index (χ3n) is 9.52. The third-order valence-corrected chi connectivity index (χ3v) is 9.97. The molecule has 0 aliphatic carbocycles. The fourth-order valence-electron chi connectivity index (χ4n) is 6.14. The number of aliphatic imine (C=N–C) groups is 1. The zero-order chi connectivity index (χ0) is 45.9. The summed E-state index contributed by atoms with van der Waals surface area (Å²) in [6.07, 6.45) is 3.82. The molecule has 1 saturated heterocycles. The first-order valence-electron chi connectivity index (χ1n) is 19.4. The summed E-state index contributed by atoms with van der Waals surface area (Å²) in [6.45, 7) is 1.73. The topological polar surface area (TPSA) is 185 Å². The number of aromatic nitrogens is 2. The van der Waals surface area contributed by atoms with Crippen molar-refractivity contribution in [3.63, 3.8) is 0 Å². The summed E-state index contributed by atoms with van der Waals surface area (Å²) >= 11 is 11.6. The lowest BCUT2D eigenvalue weighted by Crippen LogP contribution is -2.42. The van der Waals surface area contributed by atoms with E-state index >= 15 is 0 Å². The summed E-state index contributed by atoms with van der Waals surface area (Å²) in [6, 6.07) is 26.7. The fourth-order valence-corrected chi connectivity index (χ4v) is 6.37. The first-order chi connectivity index (χ1) is 30.7. The van der Waals surface area contributed by atoms with Crippen molar-refractivity contribution in [2.24, 2.45) is 4.99 Å². The van der Waals surface area contributed by atoms with Crippen molar-refractivity contribution in [3.05, 3.63) is 177 Å². The zero-order valence-electron chi connectivity index (χ0n) is 34.5. The number of nitrogens with zero attached hydrogens (tertiary/aromatic N) is 5. The Morgan fingerprint density at radius 2 is 1.03 bits per heavy atom. The van der Waals surface area contributed by atoms with Crippen LogP contribution in [0.5, 0.6) is 0 Å². The predicted molar refractivity (Wildman–Crippen MR) is 245 cm³/mol. The number of hydrogen-bond acceptors (Lipinski definition) is 8. The van der Waals surface area contributed by atoms with Crippen LogP contribution in [0.3, 0.4) is 0 Å². The number of carbonyl (C=O) groups is 4. The average molecular weight is 906 g/mol. The van der Waals surface area contributed by atoms with Gasteiger partial charge in [-0.2, -0.15) is 0 Å². The monoisotopic (exact) mass is 904 g/mol. The SMILES string of the molecule is CN=C(c1ccc(C(=O)Nc2ccc(F)cc2C(=O)Nc2ccc(Cl)cn2)cc1)N(C)C.N=C(c1ccc(C(=O)Nc2ccc(F)cc2C(=O)Nc2ccc(Cl)cn2)cc1)N1CCC1. The van der Waals surface area contributed by atoms with Crippen molar-refractivity contribution in [1.29, 1.82) is 5.41 Å². The molecule has 3 heterocycles. The maximum atomic E-state index is 13.8. The predicted octanol–water partition coefficient (Wildman–Crippen LogP) is 8.73. The second-order valence-corrected chi connectivity index (χ2v) is 15.1. The van der Waals surface area contributed by atoms with E-state index in [-0.39, 0.29) is 34.1 Å². The van der Waals surface area contributed by atoms with E-state index in [4.69, 9.17) is 28.6 Å². The Labute approximate surface area is 376 Å². The third kappa shape index (κ3) is 11.9. The summed E-state index contributed by atoms with van der Waals surface area (Å²) in [7, 11) is 5.45. The summed E-state index contributed by atoms with van der Waals surface area (Å²) in [5, 5.41) is 19.4. The van der Waals surface area contributed by atoms with Gasteiger partial charge in [-0.3, -0.25) is 29.6 Å². The molecule has 1 aliphatic rings. The van der Waals surface area contributed by atoms with E-state index in [9.17, 15) is 28.0 Å². The van der Waals surface area contributed by atoms with Gasteiger partial charge < -0.3 is 31.1 Å². The molecule has 14 nitrogen and oxygen atoms in total. The van der Waals surface area contributed by atoms with Crippen LogP contribution in [0.4, 0.5) is 31.8 Å². The van der Waals surface area contributed by atoms with Gasteiger partial charge in [0.2, 0.25) is 0 Å². The highest BCUT2D eigenvalue weighted by molar-refractivity contribution is 6.30. The van der Waals surface area contributed by atoms with Crippen LogP contribution >= 0.6 is 23.2 Å². The Hall–Kier alpha value is -7.56. The van der Waals surface area contributed by atoms with Gasteiger partial charge in [0.25, 0.3) is 23.6 Å². The van der Waals surface area contributed by atoms with Gasteiger partial charge in [0.05, 0.1) is 32.5 Å². The first kappa shape index (κ1) is 46.0. The molecular weight excluding hydrogens is 865 g/mol. The lowest BCUT2D eigenvalue weighted by molar-refractivity contribution is 0.101. The molecule has 4 aromatic carbocycles. The molecule has 18 heteroatoms. The number of likely N-dealkylation sites (tertiary alicyclic amines) is 1. The van der Waals surface area contributed by atoms with Gasteiger partial charge in [-0.05, 0) is 91.3 Å². The van der Waals surface area contributed by atoms with Crippen molar-refractivity contribution < 1.29 is 28.0 Å². The van der Waals surface area contributed by atoms with E-state index in [1.807, 2.05) is 23.9 Å². The van der Waals surface area contributed by atoms with E-state index in [1.165, 1.54) is 36.7 Å². The molecule has 4 amide bonds. The molecule has 0 bridgehead atoms. The second-order valence-electron chi connectivity index (χ2n) is 14.2. The Bertz CT molecular complexity index is 2710. The van der Waals surface area contributed by atoms with Crippen molar-refractivity contribution >= 4 is 81.5 Å². The van der Waals surface area contributed by atoms with Gasteiger partial charge in [-0.25, -0.2) is 18.7 Å². The van der Waals surface area contributed by atoms with E-state index in [0.29, 0.717) is 27.0 Å². The number of benzene rings is 4. The molecule has 1 fully saturated rings. The maximum absolute atomic E-state index is 13.8. The minimum absolute atomic E-state index is 0.0419. The lowest BCUT2D eigenvalue weighted by Gasteiger charge is -2.33. The van der Waals surface area contributed by atoms with Crippen molar-refractivity contribution in [2.45, 2.75) is 6.42 Å². The van der Waals surface area contributed by atoms with Gasteiger partial charge in [-0.1, -0.05) is 47.5 Å². The van der Waals surface area contributed by atoms with Crippen LogP contribution in [0.2, 0.25) is 10.0 Å². The van der Waals surface area contributed by atoms with E-state index in [1.54, 1.807) is 67.7 Å². The largest absolute Gasteiger partial charge is 0.363 e. The van der Waals surface area contributed by atoms with Crippen LogP contribution in [0.1, 0.15) is 59.0 Å². The number of rotatable bonds is 10. The number of pyridine rings is 2. The number of hydrogen-bond donors (Lipinski definition) is 5. The van der Waals surface area contributed by atoms with Crippen molar-refractivity contribution in [1.82, 2.24) is 19.8 Å². The van der Waals surface area contributed by atoms with Crippen LogP contribution in [-0.4, -0.2) is 89.3 Å². The van der Waals surface area contributed by atoms with Crippen LogP contribution < -0.4 is 21.3 Å². The van der Waals surface area contributed by atoms with Crippen LogP contribution in [0, 0.1) is 17.0 Å². The van der Waals surface area contributed by atoms with Gasteiger partial charge in [0.15, 0.2) is 0 Å². The molecule has 0 spiro atoms. The number of anilines is 4. The number of amidine groups is 2. The summed E-state index contributed by atoms with van der Waals surface area (Å²) in [5.74, 6) is -1.72. The standard InChI is InChI=1S/C23H19ClFN5O2.C23H21ClFN5O2/c24-16-6-9-20(27-13-16)29-23(32)18-12-17(25)7-8-19(18)28-22(31)15-4-2-14(3-5-15)21(26)30-10-1-11-30;1-26-21(30(2)3)14-4-6-15(7-5-14)22(31)28-19-10-9-17(25)12-18(19)23(32)29-20-11-8-16(24)13-27-20/h2-9,12-13,26H,1,10-11H2,(H,28,31)(H,27,29,32);4-13H,1-3H3,(H,28,31)(H,27,29,32). The molecule has 1 aliphatic heterocycles. The molecular formula is C46H40Cl2F2N10O4. The van der Waals surface area contributed by atoms with Crippen LogP contribution in [0.15, 0.2) is 127 Å². The molecule has 0 saturated carbocycles. The van der Waals surface area contributed by atoms with E-state index in [0.717, 1.165) is 60.7 Å². The van der Waals surface area contributed by atoms with Gasteiger partial charge >= 0.3 is 0 Å². The molecule has 64 heavy (non-hydrogen) atoms. The Balaban J connectivity index is 0.000000213. The number of nitrogens with one attached hydrogen (secondary N) is 5. The average Bonchev–Trinajstić information content (AvgIpc) is 3.26. The minimum Gasteiger partial charge on any atom is -0.363 e. The first-order valence-corrected chi connectivity index (χ1v) is 20.2. The number of carbonyl (C=O) groups excluding carboxylic acids is 4. The molecule has 0 atom stereocenters. The molecule has 2 aromatic heterocycles. The molecule has 5 N–H and O–H groups in total. The molecule has 0 unspecified atom stereocenters. The highest BCUT2D eigenvalue weighted by atomic mass is 35.5.